The summed E-state index contributed by atoms with van der Waals surface area (Å²) in [4.78, 5) is 11.0. The smallest absolute Gasteiger partial charge is 0.335 e. The number of carbonyl (C=O) groups is 1. The summed E-state index contributed by atoms with van der Waals surface area (Å²) in [5, 5.41) is 19.3. The quantitative estimate of drug-likeness (QED) is 0.610. The number of nitrogens with zero attached hydrogens (tertiary/aromatic N) is 2. The van der Waals surface area contributed by atoms with Crippen LogP contribution in [0.15, 0.2) is 54.6 Å². The zero-order valence-corrected chi connectivity index (χ0v) is 15.7. The van der Waals surface area contributed by atoms with E-state index in [9.17, 15) is 10.1 Å². The highest BCUT2D eigenvalue weighted by atomic mass is 35.5. The standard InChI is InChI=1S/C22H17ClN2O2/c1-14-11-18(15(2)25(14)21-9-7-20(23)8-10-21)12-19(13-24)16-3-5-17(6-4-16)22(26)27/h3-12H,1-2H3,(H,26,27). The van der Waals surface area contributed by atoms with Crippen molar-refractivity contribution < 1.29 is 9.90 Å². The monoisotopic (exact) mass is 376 g/mol. The Bertz CT molecular complexity index is 1070. The molecule has 0 bridgehead atoms. The first-order valence-corrected chi connectivity index (χ1v) is 8.69. The molecule has 1 heterocycles. The van der Waals surface area contributed by atoms with Gasteiger partial charge in [-0.25, -0.2) is 4.79 Å². The van der Waals surface area contributed by atoms with E-state index in [2.05, 4.69) is 10.6 Å². The average Bonchev–Trinajstić information content (AvgIpc) is 2.94. The van der Waals surface area contributed by atoms with Crippen LogP contribution in [-0.4, -0.2) is 15.6 Å². The molecule has 0 saturated carbocycles. The highest BCUT2D eigenvalue weighted by Crippen LogP contribution is 2.26. The normalized spacial score (nSPS) is 11.3. The van der Waals surface area contributed by atoms with Crippen LogP contribution in [0.5, 0.6) is 0 Å². The largest absolute Gasteiger partial charge is 0.478 e. The number of hydrogen-bond donors (Lipinski definition) is 1. The third-order valence-electron chi connectivity index (χ3n) is 4.42. The Labute approximate surface area is 162 Å². The number of hydrogen-bond acceptors (Lipinski definition) is 2. The highest BCUT2D eigenvalue weighted by Gasteiger charge is 2.11. The third-order valence-corrected chi connectivity index (χ3v) is 4.67. The van der Waals surface area contributed by atoms with Gasteiger partial charge >= 0.3 is 5.97 Å². The zero-order chi connectivity index (χ0) is 19.6. The lowest BCUT2D eigenvalue weighted by Crippen LogP contribution is -1.98. The van der Waals surface area contributed by atoms with Crippen molar-refractivity contribution in [2.45, 2.75) is 13.8 Å². The summed E-state index contributed by atoms with van der Waals surface area (Å²) in [5.41, 5.74) is 5.32. The number of halogens is 1. The topological polar surface area (TPSA) is 66.0 Å². The fourth-order valence-corrected chi connectivity index (χ4v) is 3.18. The fourth-order valence-electron chi connectivity index (χ4n) is 3.05. The molecule has 1 N–H and O–H groups in total. The molecule has 0 saturated heterocycles. The van der Waals surface area contributed by atoms with Gasteiger partial charge in [0.05, 0.1) is 17.2 Å². The van der Waals surface area contributed by atoms with Crippen molar-refractivity contribution in [1.82, 2.24) is 4.57 Å². The second-order valence-electron chi connectivity index (χ2n) is 6.19. The van der Waals surface area contributed by atoms with Crippen LogP contribution in [0.3, 0.4) is 0 Å². The molecule has 0 spiro atoms. The fraction of sp³-hybridized carbons (Fsp3) is 0.0909. The average molecular weight is 377 g/mol. The van der Waals surface area contributed by atoms with E-state index in [1.165, 1.54) is 12.1 Å². The van der Waals surface area contributed by atoms with Crippen molar-refractivity contribution >= 4 is 29.2 Å². The molecule has 0 aliphatic heterocycles. The van der Waals surface area contributed by atoms with Gasteiger partial charge in [-0.2, -0.15) is 5.26 Å². The number of benzene rings is 2. The second-order valence-corrected chi connectivity index (χ2v) is 6.63. The molecule has 0 radical (unpaired) electrons. The van der Waals surface area contributed by atoms with E-state index in [0.29, 0.717) is 16.2 Å². The molecule has 0 fully saturated rings. The first-order valence-electron chi connectivity index (χ1n) is 8.31. The SMILES string of the molecule is Cc1cc(C=C(C#N)c2ccc(C(=O)O)cc2)c(C)n1-c1ccc(Cl)cc1. The predicted molar refractivity (Wildman–Crippen MR) is 107 cm³/mol. The van der Waals surface area contributed by atoms with Gasteiger partial charge in [0.1, 0.15) is 0 Å². The number of carboxylic acid groups (broad SMARTS) is 1. The molecule has 3 rings (SSSR count). The van der Waals surface area contributed by atoms with Crippen molar-refractivity contribution in [3.63, 3.8) is 0 Å². The van der Waals surface area contributed by atoms with Gasteiger partial charge in [-0.3, -0.25) is 0 Å². The van der Waals surface area contributed by atoms with E-state index in [0.717, 1.165) is 22.6 Å². The van der Waals surface area contributed by atoms with Gasteiger partial charge in [-0.1, -0.05) is 23.7 Å². The molecule has 1 aromatic heterocycles. The van der Waals surface area contributed by atoms with E-state index >= 15 is 0 Å². The number of nitriles is 1. The van der Waals surface area contributed by atoms with Crippen molar-refractivity contribution in [1.29, 1.82) is 5.26 Å². The number of aromatic carboxylic acids is 1. The van der Waals surface area contributed by atoms with E-state index in [4.69, 9.17) is 16.7 Å². The third kappa shape index (κ3) is 3.79. The molecule has 0 aliphatic carbocycles. The minimum atomic E-state index is -0.990. The summed E-state index contributed by atoms with van der Waals surface area (Å²) in [7, 11) is 0. The molecule has 2 aromatic carbocycles. The van der Waals surface area contributed by atoms with Gasteiger partial charge in [0.25, 0.3) is 0 Å². The summed E-state index contributed by atoms with van der Waals surface area (Å²) in [6, 6.07) is 18.1. The Morgan fingerprint density at radius 1 is 1.07 bits per heavy atom. The van der Waals surface area contributed by atoms with Crippen molar-refractivity contribution in [2.24, 2.45) is 0 Å². The highest BCUT2D eigenvalue weighted by molar-refractivity contribution is 6.30. The molecule has 0 atom stereocenters. The van der Waals surface area contributed by atoms with Crippen LogP contribution in [0.2, 0.25) is 5.02 Å². The molecule has 0 amide bonds. The minimum Gasteiger partial charge on any atom is -0.478 e. The summed E-state index contributed by atoms with van der Waals surface area (Å²) < 4.78 is 2.10. The Balaban J connectivity index is 2.03. The predicted octanol–water partition coefficient (Wildman–Crippen LogP) is 5.51. The lowest BCUT2D eigenvalue weighted by Gasteiger charge is -2.09. The minimum absolute atomic E-state index is 0.192. The van der Waals surface area contributed by atoms with E-state index in [-0.39, 0.29) is 5.56 Å². The van der Waals surface area contributed by atoms with Crippen molar-refractivity contribution in [3.05, 3.63) is 87.7 Å². The van der Waals surface area contributed by atoms with E-state index in [1.54, 1.807) is 12.1 Å². The van der Waals surface area contributed by atoms with Crippen LogP contribution in [0.1, 0.15) is 32.9 Å². The number of rotatable bonds is 4. The lowest BCUT2D eigenvalue weighted by molar-refractivity contribution is 0.0697. The summed E-state index contributed by atoms with van der Waals surface area (Å²) >= 11 is 5.98. The van der Waals surface area contributed by atoms with Crippen LogP contribution in [-0.2, 0) is 0 Å². The zero-order valence-electron chi connectivity index (χ0n) is 14.9. The van der Waals surface area contributed by atoms with Crippen LogP contribution < -0.4 is 0 Å². The second kappa shape index (κ2) is 7.53. The van der Waals surface area contributed by atoms with Crippen LogP contribution in [0, 0.1) is 25.2 Å². The lowest BCUT2D eigenvalue weighted by atomic mass is 10.0. The molecular formula is C22H17ClN2O2. The maximum atomic E-state index is 11.0. The molecule has 5 heteroatoms. The molecule has 27 heavy (non-hydrogen) atoms. The van der Waals surface area contributed by atoms with Crippen molar-refractivity contribution in [3.8, 4) is 11.8 Å². The van der Waals surface area contributed by atoms with E-state index < -0.39 is 5.97 Å². The van der Waals surface area contributed by atoms with Crippen LogP contribution >= 0.6 is 11.6 Å². The maximum Gasteiger partial charge on any atom is 0.335 e. The first-order chi connectivity index (χ1) is 12.9. The molecule has 134 valence electrons. The van der Waals surface area contributed by atoms with E-state index in [1.807, 2.05) is 50.3 Å². The van der Waals surface area contributed by atoms with Gasteiger partial charge in [-0.05, 0) is 73.5 Å². The van der Waals surface area contributed by atoms with Crippen molar-refractivity contribution in [2.75, 3.05) is 0 Å². The van der Waals surface area contributed by atoms with Gasteiger partial charge < -0.3 is 9.67 Å². The molecule has 0 aliphatic rings. The van der Waals surface area contributed by atoms with Crippen LogP contribution in [0.25, 0.3) is 17.3 Å². The maximum absolute atomic E-state index is 11.0. The van der Waals surface area contributed by atoms with Gasteiger partial charge in [0, 0.05) is 22.1 Å². The van der Waals surface area contributed by atoms with Gasteiger partial charge in [0.15, 0.2) is 0 Å². The number of aromatic nitrogens is 1. The number of carboxylic acids is 1. The van der Waals surface area contributed by atoms with Gasteiger partial charge in [-0.15, -0.1) is 0 Å². The van der Waals surface area contributed by atoms with Crippen LogP contribution in [0.4, 0.5) is 0 Å². The Morgan fingerprint density at radius 2 is 1.67 bits per heavy atom. The number of allylic oxidation sites excluding steroid dienone is 1. The van der Waals surface area contributed by atoms with Gasteiger partial charge in [0.2, 0.25) is 0 Å². The summed E-state index contributed by atoms with van der Waals surface area (Å²) in [6.07, 6.45) is 1.82. The Morgan fingerprint density at radius 3 is 2.22 bits per heavy atom. The summed E-state index contributed by atoms with van der Waals surface area (Å²) in [6.45, 7) is 4.00. The molecular weight excluding hydrogens is 360 g/mol. The molecule has 0 unspecified atom stereocenters. The molecule has 4 nitrogen and oxygen atoms in total. The Kier molecular flexibility index (Phi) is 5.16. The number of aryl methyl sites for hydroxylation is 1. The first kappa shape index (κ1) is 18.5. The Hall–Kier alpha value is -3.29. The molecule has 3 aromatic rings. The summed E-state index contributed by atoms with van der Waals surface area (Å²) in [5.74, 6) is -0.990.